The lowest BCUT2D eigenvalue weighted by Crippen LogP contribution is -2.41. The van der Waals surface area contributed by atoms with Crippen LogP contribution in [0.5, 0.6) is 0 Å². The smallest absolute Gasteiger partial charge is 0.326 e. The predicted molar refractivity (Wildman–Crippen MR) is 76.7 cm³/mol. The molecular formula is C13H18ClNO3S. The molecule has 106 valence electrons. The topological polar surface area (TPSA) is 66.4 Å². The fraction of sp³-hybridized carbons (Fsp3) is 0.538. The van der Waals surface area contributed by atoms with Crippen molar-refractivity contribution in [2.24, 2.45) is 5.92 Å². The highest BCUT2D eigenvalue weighted by molar-refractivity contribution is 7.16. The van der Waals surface area contributed by atoms with E-state index >= 15 is 0 Å². The van der Waals surface area contributed by atoms with E-state index in [0.717, 1.165) is 4.88 Å². The first-order chi connectivity index (χ1) is 8.88. The number of halogens is 1. The van der Waals surface area contributed by atoms with Crippen molar-refractivity contribution >= 4 is 34.8 Å². The van der Waals surface area contributed by atoms with Gasteiger partial charge in [0, 0.05) is 11.3 Å². The molecule has 1 aromatic heterocycles. The number of carboxylic acid groups (broad SMARTS) is 1. The van der Waals surface area contributed by atoms with Gasteiger partial charge in [0.25, 0.3) is 0 Å². The number of hydrogen-bond donors (Lipinski definition) is 2. The molecule has 0 spiro atoms. The summed E-state index contributed by atoms with van der Waals surface area (Å²) in [6.07, 6.45) is 1.29. The number of aliphatic carboxylic acids is 1. The normalized spacial score (nSPS) is 12.4. The Morgan fingerprint density at radius 1 is 1.42 bits per heavy atom. The molecule has 0 bridgehead atoms. The minimum absolute atomic E-state index is 0.220. The van der Waals surface area contributed by atoms with Crippen LogP contribution < -0.4 is 5.32 Å². The van der Waals surface area contributed by atoms with Crippen LogP contribution >= 0.6 is 22.9 Å². The molecule has 1 atom stereocenters. The molecule has 0 aliphatic rings. The number of hydrogen-bond acceptors (Lipinski definition) is 3. The summed E-state index contributed by atoms with van der Waals surface area (Å²) in [7, 11) is 0. The van der Waals surface area contributed by atoms with Crippen LogP contribution in [0.15, 0.2) is 12.1 Å². The number of amides is 1. The first-order valence-corrected chi connectivity index (χ1v) is 7.34. The third-order valence-corrected chi connectivity index (χ3v) is 3.86. The van der Waals surface area contributed by atoms with Gasteiger partial charge in [-0.1, -0.05) is 25.4 Å². The Labute approximate surface area is 121 Å². The van der Waals surface area contributed by atoms with Crippen molar-refractivity contribution in [3.05, 3.63) is 21.3 Å². The molecule has 19 heavy (non-hydrogen) atoms. The second-order valence-corrected chi connectivity index (χ2v) is 6.59. The second kappa shape index (κ2) is 7.50. The van der Waals surface area contributed by atoms with E-state index in [9.17, 15) is 9.59 Å². The summed E-state index contributed by atoms with van der Waals surface area (Å²) in [4.78, 5) is 23.8. The van der Waals surface area contributed by atoms with E-state index in [1.54, 1.807) is 6.07 Å². The van der Waals surface area contributed by atoms with Crippen molar-refractivity contribution in [3.63, 3.8) is 0 Å². The predicted octanol–water partition coefficient (Wildman–Crippen LogP) is 2.95. The number of carbonyl (C=O) groups is 2. The zero-order chi connectivity index (χ0) is 14.4. The van der Waals surface area contributed by atoms with Gasteiger partial charge in [0.15, 0.2) is 0 Å². The largest absolute Gasteiger partial charge is 0.480 e. The molecule has 2 N–H and O–H groups in total. The molecule has 0 fully saturated rings. The van der Waals surface area contributed by atoms with Crippen LogP contribution in [0, 0.1) is 5.92 Å². The summed E-state index contributed by atoms with van der Waals surface area (Å²) < 4.78 is 0.693. The van der Waals surface area contributed by atoms with Crippen LogP contribution in [0.3, 0.4) is 0 Å². The van der Waals surface area contributed by atoms with Crippen LogP contribution in [0.1, 0.15) is 31.6 Å². The number of nitrogens with one attached hydrogen (secondary N) is 1. The molecular weight excluding hydrogens is 286 g/mol. The van der Waals surface area contributed by atoms with Crippen LogP contribution in [-0.2, 0) is 16.0 Å². The number of carboxylic acids is 1. The average molecular weight is 304 g/mol. The summed E-state index contributed by atoms with van der Waals surface area (Å²) in [6.45, 7) is 3.85. The Bertz CT molecular complexity index is 445. The molecule has 0 aliphatic heterocycles. The van der Waals surface area contributed by atoms with Crippen LogP contribution in [-0.4, -0.2) is 23.0 Å². The summed E-state index contributed by atoms with van der Waals surface area (Å²) in [5.41, 5.74) is 0. The van der Waals surface area contributed by atoms with E-state index in [0.29, 0.717) is 17.2 Å². The standard InChI is InChI=1S/C13H18ClNO3S/c1-8(2)7-10(13(17)18)15-12(16)6-4-9-3-5-11(14)19-9/h3,5,8,10H,4,6-7H2,1-2H3,(H,15,16)(H,17,18)/t10-/m0/s1. The van der Waals surface area contributed by atoms with Crippen molar-refractivity contribution in [2.75, 3.05) is 0 Å². The van der Waals surface area contributed by atoms with Gasteiger partial charge in [-0.05, 0) is 30.9 Å². The van der Waals surface area contributed by atoms with Crippen molar-refractivity contribution in [1.82, 2.24) is 5.32 Å². The van der Waals surface area contributed by atoms with E-state index in [1.807, 2.05) is 19.9 Å². The van der Waals surface area contributed by atoms with Gasteiger partial charge in [-0.2, -0.15) is 0 Å². The van der Waals surface area contributed by atoms with Gasteiger partial charge in [-0.3, -0.25) is 4.79 Å². The van der Waals surface area contributed by atoms with Gasteiger partial charge in [-0.25, -0.2) is 4.79 Å². The fourth-order valence-electron chi connectivity index (χ4n) is 1.68. The number of thiophene rings is 1. The first kappa shape index (κ1) is 16.0. The van der Waals surface area contributed by atoms with Gasteiger partial charge < -0.3 is 10.4 Å². The zero-order valence-corrected chi connectivity index (χ0v) is 12.6. The van der Waals surface area contributed by atoms with Crippen molar-refractivity contribution < 1.29 is 14.7 Å². The highest BCUT2D eigenvalue weighted by Gasteiger charge is 2.20. The summed E-state index contributed by atoms with van der Waals surface area (Å²) >= 11 is 7.23. The third-order valence-electron chi connectivity index (χ3n) is 2.57. The summed E-state index contributed by atoms with van der Waals surface area (Å²) in [5.74, 6) is -1.00. The SMILES string of the molecule is CC(C)C[C@H](NC(=O)CCc1ccc(Cl)s1)C(=O)O. The van der Waals surface area contributed by atoms with E-state index in [-0.39, 0.29) is 18.2 Å². The van der Waals surface area contributed by atoms with Crippen LogP contribution in [0.4, 0.5) is 0 Å². The Hall–Kier alpha value is -1.07. The Morgan fingerprint density at radius 3 is 2.58 bits per heavy atom. The molecule has 0 aliphatic carbocycles. The van der Waals surface area contributed by atoms with Gasteiger partial charge in [-0.15, -0.1) is 11.3 Å². The molecule has 6 heteroatoms. The van der Waals surface area contributed by atoms with E-state index in [2.05, 4.69) is 5.32 Å². The second-order valence-electron chi connectivity index (χ2n) is 4.79. The fourth-order valence-corrected chi connectivity index (χ4v) is 2.77. The quantitative estimate of drug-likeness (QED) is 0.814. The van der Waals surface area contributed by atoms with Crippen LogP contribution in [0.25, 0.3) is 0 Å². The zero-order valence-electron chi connectivity index (χ0n) is 11.0. The Morgan fingerprint density at radius 2 is 2.11 bits per heavy atom. The molecule has 1 aromatic rings. The first-order valence-electron chi connectivity index (χ1n) is 6.15. The number of carbonyl (C=O) groups excluding carboxylic acids is 1. The van der Waals surface area contributed by atoms with Gasteiger partial charge >= 0.3 is 5.97 Å². The summed E-state index contributed by atoms with van der Waals surface area (Å²) in [5, 5.41) is 11.6. The van der Waals surface area contributed by atoms with E-state index < -0.39 is 12.0 Å². The lowest BCUT2D eigenvalue weighted by Gasteiger charge is -2.16. The molecule has 0 radical (unpaired) electrons. The Kier molecular flexibility index (Phi) is 6.31. The molecule has 1 heterocycles. The third kappa shape index (κ3) is 6.07. The van der Waals surface area contributed by atoms with Crippen molar-refractivity contribution in [2.45, 2.75) is 39.2 Å². The van der Waals surface area contributed by atoms with Crippen molar-refractivity contribution in [3.8, 4) is 0 Å². The highest BCUT2D eigenvalue weighted by Crippen LogP contribution is 2.22. The molecule has 0 unspecified atom stereocenters. The molecule has 0 saturated carbocycles. The minimum atomic E-state index is -0.985. The van der Waals surface area contributed by atoms with Gasteiger partial charge in [0.05, 0.1) is 4.34 Å². The molecule has 0 aromatic carbocycles. The minimum Gasteiger partial charge on any atom is -0.480 e. The maximum absolute atomic E-state index is 11.7. The van der Waals surface area contributed by atoms with E-state index in [1.165, 1.54) is 11.3 Å². The van der Waals surface area contributed by atoms with Gasteiger partial charge in [0.1, 0.15) is 6.04 Å². The summed E-state index contributed by atoms with van der Waals surface area (Å²) in [6, 6.07) is 2.86. The molecule has 1 amide bonds. The molecule has 1 rings (SSSR count). The Balaban J connectivity index is 2.42. The molecule has 0 saturated heterocycles. The lowest BCUT2D eigenvalue weighted by atomic mass is 10.0. The maximum Gasteiger partial charge on any atom is 0.326 e. The van der Waals surface area contributed by atoms with Crippen molar-refractivity contribution in [1.29, 1.82) is 0 Å². The average Bonchev–Trinajstić information content (AvgIpc) is 2.71. The number of aryl methyl sites for hydroxylation is 1. The lowest BCUT2D eigenvalue weighted by molar-refractivity contribution is -0.142. The van der Waals surface area contributed by atoms with Crippen LogP contribution in [0.2, 0.25) is 4.34 Å². The maximum atomic E-state index is 11.7. The molecule has 4 nitrogen and oxygen atoms in total. The highest BCUT2D eigenvalue weighted by atomic mass is 35.5. The van der Waals surface area contributed by atoms with E-state index in [4.69, 9.17) is 16.7 Å². The van der Waals surface area contributed by atoms with Gasteiger partial charge in [0.2, 0.25) is 5.91 Å². The monoisotopic (exact) mass is 303 g/mol. The number of rotatable bonds is 7.